The highest BCUT2D eigenvalue weighted by atomic mass is 16.5. The molecule has 0 aliphatic heterocycles. The lowest BCUT2D eigenvalue weighted by molar-refractivity contribution is -0.707. The van der Waals surface area contributed by atoms with Gasteiger partial charge in [-0.3, -0.25) is 0 Å². The molecule has 0 radical (unpaired) electrons. The number of carbonyl (C=O) groups excluding carboxylic acids is 1. The first-order valence-corrected chi connectivity index (χ1v) is 6.52. The molecule has 2 rings (SSSR count). The number of carbonyl (C=O) groups is 1. The summed E-state index contributed by atoms with van der Waals surface area (Å²) in [5.74, 6) is -0.248. The SMILES string of the molecule is COC(=O)C(C)[n+]1ccc(/C=C/c2ccccc2)cc1. The zero-order chi connectivity index (χ0) is 14.4. The molecule has 3 heteroatoms. The molecule has 1 heterocycles. The maximum atomic E-state index is 11.5. The molecule has 1 aromatic carbocycles. The Labute approximate surface area is 119 Å². The van der Waals surface area contributed by atoms with Gasteiger partial charge in [0.2, 0.25) is 0 Å². The lowest BCUT2D eigenvalue weighted by atomic mass is 10.1. The first-order chi connectivity index (χ1) is 9.70. The molecule has 0 aliphatic rings. The summed E-state index contributed by atoms with van der Waals surface area (Å²) in [5.41, 5.74) is 2.24. The maximum absolute atomic E-state index is 11.5. The number of rotatable bonds is 4. The normalized spacial score (nSPS) is 12.3. The van der Waals surface area contributed by atoms with Gasteiger partial charge in [0, 0.05) is 19.1 Å². The molecule has 3 nitrogen and oxygen atoms in total. The molecule has 1 atom stereocenters. The average molecular weight is 268 g/mol. The molecular weight excluding hydrogens is 250 g/mol. The van der Waals surface area contributed by atoms with Gasteiger partial charge in [-0.25, -0.2) is 4.79 Å². The Kier molecular flexibility index (Phi) is 4.66. The van der Waals surface area contributed by atoms with Gasteiger partial charge in [0.25, 0.3) is 6.04 Å². The van der Waals surface area contributed by atoms with Crippen LogP contribution in [0.5, 0.6) is 0 Å². The van der Waals surface area contributed by atoms with E-state index in [2.05, 4.69) is 18.2 Å². The van der Waals surface area contributed by atoms with E-state index in [1.807, 2.05) is 60.3 Å². The minimum atomic E-state index is -0.313. The third kappa shape index (κ3) is 3.54. The van der Waals surface area contributed by atoms with Gasteiger partial charge < -0.3 is 4.74 Å². The second kappa shape index (κ2) is 6.66. The van der Waals surface area contributed by atoms with E-state index < -0.39 is 0 Å². The van der Waals surface area contributed by atoms with Crippen LogP contribution in [-0.4, -0.2) is 13.1 Å². The number of esters is 1. The molecule has 0 bridgehead atoms. The Morgan fingerprint density at radius 2 is 1.60 bits per heavy atom. The smallest absolute Gasteiger partial charge is 0.375 e. The molecule has 0 fully saturated rings. The topological polar surface area (TPSA) is 30.2 Å². The Bertz CT molecular complexity index is 588. The zero-order valence-corrected chi connectivity index (χ0v) is 11.7. The lowest BCUT2D eigenvalue weighted by Gasteiger charge is -2.04. The number of methoxy groups -OCH3 is 1. The zero-order valence-electron chi connectivity index (χ0n) is 11.7. The van der Waals surface area contributed by atoms with Gasteiger partial charge in [0.15, 0.2) is 12.4 Å². The van der Waals surface area contributed by atoms with Crippen LogP contribution in [0, 0.1) is 0 Å². The molecule has 1 unspecified atom stereocenters. The molecule has 2 aromatic rings. The van der Waals surface area contributed by atoms with E-state index in [0.717, 1.165) is 11.1 Å². The molecule has 0 amide bonds. The van der Waals surface area contributed by atoms with E-state index in [1.54, 1.807) is 0 Å². The predicted octanol–water partition coefficient (Wildman–Crippen LogP) is 2.88. The molecule has 0 spiro atoms. The second-order valence-corrected chi connectivity index (χ2v) is 4.52. The first kappa shape index (κ1) is 14.0. The van der Waals surface area contributed by atoms with Crippen molar-refractivity contribution in [1.29, 1.82) is 0 Å². The fourth-order valence-electron chi connectivity index (χ4n) is 1.87. The van der Waals surface area contributed by atoms with Crippen molar-refractivity contribution in [2.75, 3.05) is 7.11 Å². The van der Waals surface area contributed by atoms with Crippen LogP contribution in [0.15, 0.2) is 54.9 Å². The number of aromatic nitrogens is 1. The second-order valence-electron chi connectivity index (χ2n) is 4.52. The van der Waals surface area contributed by atoms with Crippen molar-refractivity contribution in [3.05, 3.63) is 66.0 Å². The largest absolute Gasteiger partial charge is 0.464 e. The quantitative estimate of drug-likeness (QED) is 0.630. The molecular formula is C17H18NO2+. The van der Waals surface area contributed by atoms with Crippen LogP contribution in [0.3, 0.4) is 0 Å². The van der Waals surface area contributed by atoms with Crippen LogP contribution in [-0.2, 0) is 9.53 Å². The Balaban J connectivity index is 2.09. The lowest BCUT2D eigenvalue weighted by Crippen LogP contribution is -2.42. The van der Waals surface area contributed by atoms with Crippen LogP contribution in [0.25, 0.3) is 12.2 Å². The Morgan fingerprint density at radius 1 is 1.05 bits per heavy atom. The summed E-state index contributed by atoms with van der Waals surface area (Å²) in [7, 11) is 1.40. The van der Waals surface area contributed by atoms with E-state index in [9.17, 15) is 4.79 Å². The highest BCUT2D eigenvalue weighted by molar-refractivity contribution is 5.71. The summed E-state index contributed by atoms with van der Waals surface area (Å²) >= 11 is 0. The Hall–Kier alpha value is -2.42. The first-order valence-electron chi connectivity index (χ1n) is 6.52. The van der Waals surface area contributed by atoms with Gasteiger partial charge in [0.1, 0.15) is 0 Å². The van der Waals surface area contributed by atoms with E-state index in [4.69, 9.17) is 4.74 Å². The van der Waals surface area contributed by atoms with E-state index in [0.29, 0.717) is 0 Å². The predicted molar refractivity (Wildman–Crippen MR) is 78.7 cm³/mol. The molecule has 102 valence electrons. The summed E-state index contributed by atoms with van der Waals surface area (Å²) in [6.45, 7) is 1.81. The van der Waals surface area contributed by atoms with Gasteiger partial charge in [-0.1, -0.05) is 42.5 Å². The van der Waals surface area contributed by atoms with Gasteiger partial charge in [-0.05, 0) is 11.1 Å². The summed E-state index contributed by atoms with van der Waals surface area (Å²) in [4.78, 5) is 11.5. The van der Waals surface area contributed by atoms with E-state index in [-0.39, 0.29) is 12.0 Å². The summed E-state index contributed by atoms with van der Waals surface area (Å²) < 4.78 is 6.55. The third-order valence-electron chi connectivity index (χ3n) is 3.14. The maximum Gasteiger partial charge on any atom is 0.375 e. The standard InChI is InChI=1S/C17H18NO2/c1-14(17(19)20-2)18-12-10-16(11-13-18)9-8-15-6-4-3-5-7-15/h3-14H,1-2H3/q+1/b9-8+. The third-order valence-corrected chi connectivity index (χ3v) is 3.14. The van der Waals surface area contributed by atoms with Crippen molar-refractivity contribution in [2.45, 2.75) is 13.0 Å². The van der Waals surface area contributed by atoms with Crippen molar-refractivity contribution in [3.8, 4) is 0 Å². The van der Waals surface area contributed by atoms with Gasteiger partial charge in [-0.15, -0.1) is 0 Å². The number of nitrogens with zero attached hydrogens (tertiary/aromatic N) is 1. The highest BCUT2D eigenvalue weighted by Gasteiger charge is 2.21. The summed E-state index contributed by atoms with van der Waals surface area (Å²) in [6.07, 6.45) is 7.87. The highest BCUT2D eigenvalue weighted by Crippen LogP contribution is 2.07. The monoisotopic (exact) mass is 268 g/mol. The van der Waals surface area contributed by atoms with Crippen LogP contribution in [0.2, 0.25) is 0 Å². The van der Waals surface area contributed by atoms with Gasteiger partial charge in [-0.2, -0.15) is 4.57 Å². The van der Waals surface area contributed by atoms with Gasteiger partial charge in [0.05, 0.1) is 7.11 Å². The molecule has 20 heavy (non-hydrogen) atoms. The van der Waals surface area contributed by atoms with Crippen molar-refractivity contribution < 1.29 is 14.1 Å². The summed E-state index contributed by atoms with van der Waals surface area (Å²) in [5, 5.41) is 0. The number of hydrogen-bond acceptors (Lipinski definition) is 2. The van der Waals surface area contributed by atoms with Crippen molar-refractivity contribution in [2.24, 2.45) is 0 Å². The summed E-state index contributed by atoms with van der Waals surface area (Å²) in [6, 6.07) is 13.8. The minimum absolute atomic E-state index is 0.248. The fourth-order valence-corrected chi connectivity index (χ4v) is 1.87. The van der Waals surface area contributed by atoms with E-state index >= 15 is 0 Å². The Morgan fingerprint density at radius 3 is 2.15 bits per heavy atom. The molecule has 0 aliphatic carbocycles. The van der Waals surface area contributed by atoms with E-state index in [1.165, 1.54) is 7.11 Å². The molecule has 0 N–H and O–H groups in total. The molecule has 1 aromatic heterocycles. The average Bonchev–Trinajstić information content (AvgIpc) is 2.53. The van der Waals surface area contributed by atoms with Crippen molar-refractivity contribution in [3.63, 3.8) is 0 Å². The fraction of sp³-hybridized carbons (Fsp3) is 0.176. The van der Waals surface area contributed by atoms with Crippen LogP contribution in [0.1, 0.15) is 24.1 Å². The van der Waals surface area contributed by atoms with Crippen LogP contribution < -0.4 is 4.57 Å². The van der Waals surface area contributed by atoms with Gasteiger partial charge >= 0.3 is 5.97 Å². The van der Waals surface area contributed by atoms with Crippen molar-refractivity contribution >= 4 is 18.1 Å². The number of benzene rings is 1. The van der Waals surface area contributed by atoms with Crippen molar-refractivity contribution in [1.82, 2.24) is 0 Å². The number of hydrogen-bond donors (Lipinski definition) is 0. The molecule has 0 saturated heterocycles. The number of ether oxygens (including phenoxy) is 1. The van der Waals surface area contributed by atoms with Crippen LogP contribution in [0.4, 0.5) is 0 Å². The molecule has 0 saturated carbocycles. The van der Waals surface area contributed by atoms with Crippen LogP contribution >= 0.6 is 0 Å². The number of pyridine rings is 1. The minimum Gasteiger partial charge on any atom is -0.464 e.